The van der Waals surface area contributed by atoms with Crippen LogP contribution >= 0.6 is 0 Å². The number of nitrogens with one attached hydrogen (secondary N) is 1. The van der Waals surface area contributed by atoms with Gasteiger partial charge in [-0.2, -0.15) is 5.10 Å². The molecule has 5 rings (SSSR count). The summed E-state index contributed by atoms with van der Waals surface area (Å²) in [5.74, 6) is -1.13. The van der Waals surface area contributed by atoms with E-state index < -0.39 is 23.6 Å². The molecule has 8 heteroatoms. The maximum absolute atomic E-state index is 14.4. The number of aromatic nitrogens is 3. The summed E-state index contributed by atoms with van der Waals surface area (Å²) in [4.78, 5) is 16.9. The van der Waals surface area contributed by atoms with Crippen LogP contribution < -0.4 is 5.32 Å². The van der Waals surface area contributed by atoms with Gasteiger partial charge in [-0.3, -0.25) is 9.78 Å². The molecular formula is C21H18F2N4O2. The second kappa shape index (κ2) is 6.73. The Balaban J connectivity index is 1.51. The van der Waals surface area contributed by atoms with Crippen molar-refractivity contribution in [1.29, 1.82) is 0 Å². The van der Waals surface area contributed by atoms with Gasteiger partial charge in [0.1, 0.15) is 11.5 Å². The number of amides is 1. The quantitative estimate of drug-likeness (QED) is 0.695. The number of fused-ring (bicyclic) bond motifs is 3. The minimum absolute atomic E-state index is 0.127. The van der Waals surface area contributed by atoms with Crippen molar-refractivity contribution in [3.05, 3.63) is 76.9 Å². The third-order valence-electron chi connectivity index (χ3n) is 5.71. The minimum atomic E-state index is -0.726. The van der Waals surface area contributed by atoms with Crippen LogP contribution in [0.15, 0.2) is 42.7 Å². The van der Waals surface area contributed by atoms with E-state index in [2.05, 4.69) is 15.4 Å². The van der Waals surface area contributed by atoms with Crippen molar-refractivity contribution >= 4 is 5.91 Å². The zero-order valence-electron chi connectivity index (χ0n) is 15.3. The zero-order valence-corrected chi connectivity index (χ0v) is 15.3. The highest BCUT2D eigenvalue weighted by Gasteiger charge is 2.50. The van der Waals surface area contributed by atoms with Crippen molar-refractivity contribution in [3.63, 3.8) is 0 Å². The molecule has 2 aromatic heterocycles. The van der Waals surface area contributed by atoms with E-state index in [4.69, 9.17) is 0 Å². The number of aliphatic hydroxyl groups is 1. The van der Waals surface area contributed by atoms with Gasteiger partial charge in [0.05, 0.1) is 18.3 Å². The first-order valence-electron chi connectivity index (χ1n) is 9.45. The molecule has 0 saturated heterocycles. The lowest BCUT2D eigenvalue weighted by Gasteiger charge is -2.16. The topological polar surface area (TPSA) is 80.0 Å². The monoisotopic (exact) mass is 396 g/mol. The van der Waals surface area contributed by atoms with E-state index in [0.717, 1.165) is 29.3 Å². The maximum atomic E-state index is 14.4. The molecule has 2 N–H and O–H groups in total. The molecule has 2 aliphatic rings. The largest absolute Gasteiger partial charge is 0.394 e. The molecule has 0 bridgehead atoms. The van der Waals surface area contributed by atoms with Gasteiger partial charge >= 0.3 is 0 Å². The van der Waals surface area contributed by atoms with Crippen LogP contribution in [0.25, 0.3) is 5.69 Å². The van der Waals surface area contributed by atoms with Crippen molar-refractivity contribution in [2.75, 3.05) is 6.61 Å². The molecule has 2 aliphatic carbocycles. The molecule has 0 spiro atoms. The first kappa shape index (κ1) is 17.9. The Hall–Kier alpha value is -3.13. The number of aliphatic hydroxyl groups excluding tert-OH is 1. The van der Waals surface area contributed by atoms with E-state index in [9.17, 15) is 18.7 Å². The van der Waals surface area contributed by atoms with Gasteiger partial charge in [0, 0.05) is 29.9 Å². The molecule has 6 nitrogen and oxygen atoms in total. The molecule has 29 heavy (non-hydrogen) atoms. The van der Waals surface area contributed by atoms with E-state index >= 15 is 0 Å². The second-order valence-corrected chi connectivity index (χ2v) is 7.52. The molecule has 0 aliphatic heterocycles. The summed E-state index contributed by atoms with van der Waals surface area (Å²) in [6, 6.07) is 6.15. The Morgan fingerprint density at radius 1 is 1.28 bits per heavy atom. The second-order valence-electron chi connectivity index (χ2n) is 7.52. The van der Waals surface area contributed by atoms with E-state index in [0.29, 0.717) is 12.3 Å². The van der Waals surface area contributed by atoms with Gasteiger partial charge in [0.2, 0.25) is 0 Å². The van der Waals surface area contributed by atoms with Crippen LogP contribution in [-0.4, -0.2) is 32.4 Å². The highest BCUT2D eigenvalue weighted by atomic mass is 19.1. The predicted molar refractivity (Wildman–Crippen MR) is 99.6 cm³/mol. The van der Waals surface area contributed by atoms with Gasteiger partial charge in [-0.15, -0.1) is 0 Å². The third-order valence-corrected chi connectivity index (χ3v) is 5.71. The predicted octanol–water partition coefficient (Wildman–Crippen LogP) is 2.67. The summed E-state index contributed by atoms with van der Waals surface area (Å²) >= 11 is 0. The molecule has 3 aromatic rings. The average molecular weight is 396 g/mol. The highest BCUT2D eigenvalue weighted by molar-refractivity contribution is 5.94. The fraction of sp³-hybridized carbons (Fsp3) is 0.286. The lowest BCUT2D eigenvalue weighted by Crippen LogP contribution is -2.31. The molecule has 1 saturated carbocycles. The number of benzene rings is 1. The van der Waals surface area contributed by atoms with Crippen LogP contribution in [0.5, 0.6) is 0 Å². The van der Waals surface area contributed by atoms with E-state index in [1.54, 1.807) is 24.5 Å². The van der Waals surface area contributed by atoms with Gasteiger partial charge in [0.15, 0.2) is 11.5 Å². The zero-order chi connectivity index (χ0) is 20.1. The van der Waals surface area contributed by atoms with Crippen molar-refractivity contribution in [1.82, 2.24) is 20.1 Å². The van der Waals surface area contributed by atoms with Crippen LogP contribution in [0, 0.1) is 17.6 Å². The van der Waals surface area contributed by atoms with Gasteiger partial charge in [0.25, 0.3) is 5.91 Å². The molecule has 0 unspecified atom stereocenters. The number of rotatable bonds is 5. The molecule has 1 amide bonds. The number of hydrogen-bond acceptors (Lipinski definition) is 4. The van der Waals surface area contributed by atoms with Crippen LogP contribution in [0.1, 0.15) is 45.7 Å². The molecule has 2 heterocycles. The molecule has 1 fully saturated rings. The Morgan fingerprint density at radius 3 is 2.79 bits per heavy atom. The van der Waals surface area contributed by atoms with E-state index in [-0.39, 0.29) is 23.9 Å². The highest BCUT2D eigenvalue weighted by Crippen LogP contribution is 2.57. The number of hydrogen-bond donors (Lipinski definition) is 2. The Kier molecular flexibility index (Phi) is 4.16. The fourth-order valence-corrected chi connectivity index (χ4v) is 4.19. The molecular weight excluding hydrogens is 378 g/mol. The normalized spacial score (nSPS) is 20.1. The summed E-state index contributed by atoms with van der Waals surface area (Å²) in [5, 5.41) is 16.9. The average Bonchev–Trinajstić information content (AvgIpc) is 3.23. The molecule has 148 valence electrons. The van der Waals surface area contributed by atoms with Gasteiger partial charge in [-0.25, -0.2) is 13.5 Å². The Morgan fingerprint density at radius 2 is 2.07 bits per heavy atom. The summed E-state index contributed by atoms with van der Waals surface area (Å²) in [5.41, 5.74) is 2.71. The van der Waals surface area contributed by atoms with Crippen molar-refractivity contribution < 1.29 is 18.7 Å². The van der Waals surface area contributed by atoms with Crippen LogP contribution in [0.3, 0.4) is 0 Å². The maximum Gasteiger partial charge on any atom is 0.272 e. The summed E-state index contributed by atoms with van der Waals surface area (Å²) in [6.45, 7) is -0.281. The van der Waals surface area contributed by atoms with Gasteiger partial charge in [-0.1, -0.05) is 0 Å². The third kappa shape index (κ3) is 3.00. The number of pyridine rings is 1. The molecule has 0 radical (unpaired) electrons. The number of nitrogens with zero attached hydrogens (tertiary/aromatic N) is 3. The summed E-state index contributed by atoms with van der Waals surface area (Å²) in [6.07, 6.45) is 4.87. The first-order valence-corrected chi connectivity index (χ1v) is 9.45. The number of carbonyl (C=O) groups is 1. The van der Waals surface area contributed by atoms with Crippen molar-refractivity contribution in [2.45, 2.75) is 24.8 Å². The van der Waals surface area contributed by atoms with Crippen molar-refractivity contribution in [3.8, 4) is 5.69 Å². The lowest BCUT2D eigenvalue weighted by molar-refractivity contribution is 0.0909. The molecule has 3 atom stereocenters. The number of carbonyl (C=O) groups excluding carboxylic acids is 1. The Bertz CT molecular complexity index is 1100. The number of halogens is 2. The van der Waals surface area contributed by atoms with E-state index in [1.165, 1.54) is 16.8 Å². The minimum Gasteiger partial charge on any atom is -0.394 e. The van der Waals surface area contributed by atoms with E-state index in [1.807, 2.05) is 0 Å². The van der Waals surface area contributed by atoms with Crippen LogP contribution in [0.2, 0.25) is 0 Å². The summed E-state index contributed by atoms with van der Waals surface area (Å²) < 4.78 is 29.2. The van der Waals surface area contributed by atoms with Crippen LogP contribution in [-0.2, 0) is 6.42 Å². The van der Waals surface area contributed by atoms with Gasteiger partial charge in [-0.05, 0) is 48.6 Å². The smallest absolute Gasteiger partial charge is 0.272 e. The standard InChI is InChI=1S/C21H18F2N4O2/c22-13-1-2-18(16(23)9-13)27-20-14-7-12(14)8-15(20)19(26-27)21(29)25-17(10-28)11-3-5-24-6-4-11/h1-6,9,12,14,17,28H,7-8,10H2,(H,25,29)/t12-,14-,17+/m0/s1. The Labute approximate surface area is 165 Å². The van der Waals surface area contributed by atoms with Crippen molar-refractivity contribution in [2.24, 2.45) is 5.92 Å². The summed E-state index contributed by atoms with van der Waals surface area (Å²) in [7, 11) is 0. The fourth-order valence-electron chi connectivity index (χ4n) is 4.19. The first-order chi connectivity index (χ1) is 14.1. The SMILES string of the molecule is O=C(N[C@H](CO)c1ccncc1)c1nn(-c2ccc(F)cc2F)c2c1C[C@@H]1C[C@H]21. The lowest BCUT2D eigenvalue weighted by atomic mass is 10.1. The molecule has 1 aromatic carbocycles. The van der Waals surface area contributed by atoms with Crippen LogP contribution in [0.4, 0.5) is 8.78 Å². The van der Waals surface area contributed by atoms with Gasteiger partial charge < -0.3 is 10.4 Å².